The fourth-order valence-corrected chi connectivity index (χ4v) is 18.3. The molecule has 0 radical (unpaired) electrons. The van der Waals surface area contributed by atoms with Crippen molar-refractivity contribution in [3.05, 3.63) is 182 Å². The summed E-state index contributed by atoms with van der Waals surface area (Å²) in [7, 11) is -6.97. The first-order chi connectivity index (χ1) is 35.6. The Morgan fingerprint density at radius 2 is 0.773 bits per heavy atom. The van der Waals surface area contributed by atoms with Gasteiger partial charge in [-0.1, -0.05) is 109 Å². The number of carboxylic acids is 1. The smallest absolute Gasteiger partial charge is 0.377 e. The van der Waals surface area contributed by atoms with Crippen LogP contribution in [0, 0.1) is 23.7 Å². The molecule has 75 heavy (non-hydrogen) atoms. The van der Waals surface area contributed by atoms with E-state index in [-0.39, 0.29) is 50.7 Å². The highest BCUT2D eigenvalue weighted by Gasteiger charge is 2.66. The van der Waals surface area contributed by atoms with E-state index in [0.717, 1.165) is 6.42 Å². The van der Waals surface area contributed by atoms with Crippen molar-refractivity contribution in [2.75, 3.05) is 0 Å². The summed E-state index contributed by atoms with van der Waals surface area (Å²) in [4.78, 5) is 28.6. The molecule has 2 N–H and O–H groups in total. The van der Waals surface area contributed by atoms with E-state index in [1.54, 1.807) is 0 Å². The molecule has 4 bridgehead atoms. The molecule has 2 saturated heterocycles. The summed E-state index contributed by atoms with van der Waals surface area (Å²) in [5, 5.41) is 16.2. The Bertz CT molecular complexity index is 2760. The van der Waals surface area contributed by atoms with Crippen molar-refractivity contribution in [2.45, 2.75) is 116 Å². The monoisotopic (exact) mass is 1110 g/mol. The molecule has 0 spiro atoms. The molecule has 0 amide bonds. The lowest BCUT2D eigenvalue weighted by Crippen LogP contribution is -2.40. The van der Waals surface area contributed by atoms with Gasteiger partial charge in [0.15, 0.2) is 29.4 Å². The topological polar surface area (TPSA) is 171 Å². The molecule has 11 nitrogen and oxygen atoms in total. The number of aliphatic carboxylic acids is 1. The van der Waals surface area contributed by atoms with Crippen LogP contribution in [-0.4, -0.2) is 85.7 Å². The van der Waals surface area contributed by atoms with Gasteiger partial charge in [0.1, 0.15) is 18.3 Å². The number of benzene rings is 6. The molecule has 6 aromatic rings. The number of carbonyl (C=O) groups excluding carboxylic acids is 1. The molecule has 0 aromatic heterocycles. The zero-order chi connectivity index (χ0) is 53.7. The number of hydrogen-bond donors (Lipinski definition) is 2. The average molecular weight is 1110 g/mol. The highest BCUT2D eigenvalue weighted by molar-refractivity contribution is 7.97. The van der Waals surface area contributed by atoms with Gasteiger partial charge in [-0.3, -0.25) is 8.37 Å². The molecule has 6 aliphatic rings. The molecule has 4 saturated carbocycles. The second-order valence-electron chi connectivity index (χ2n) is 18.9. The first-order valence-corrected chi connectivity index (χ1v) is 29.5. The molecule has 10 atom stereocenters. The van der Waals surface area contributed by atoms with Crippen LogP contribution in [0.4, 0.5) is 17.6 Å². The normalized spacial score (nSPS) is 26.6. The van der Waals surface area contributed by atoms with Crippen molar-refractivity contribution in [1.82, 2.24) is 0 Å². The maximum absolute atomic E-state index is 12.8. The first kappa shape index (κ1) is 55.7. The van der Waals surface area contributed by atoms with E-state index in [2.05, 4.69) is 182 Å². The van der Waals surface area contributed by atoms with E-state index in [9.17, 15) is 49.1 Å². The van der Waals surface area contributed by atoms with Crippen molar-refractivity contribution in [1.29, 1.82) is 0 Å². The standard InChI is InChI=1S/2C18H15S.C10H12F2O5S.C7H10O4S.C3H4F2O2/c2*1-4-10-16(11-5-1)19(17-12-6-2-7-13-17)18-14-8-3-9-15-18;1-10(11,12)9(13)16-7-4-2-5-6(3-4)18(14,15)17-8(5)7;8-6-3-1-4-5(2-3)12(9,10)11-7(4)6;1-3(4,5)2(6)7/h2*1-15H;4-8H,2-3H2,1H3;3-8H,1-2H2;1H3,(H,6,7)/q2*+1;;;. The van der Waals surface area contributed by atoms with E-state index in [1.165, 1.54) is 29.4 Å². The molecule has 2 aliphatic heterocycles. The second-order valence-corrected chi connectivity index (χ2v) is 26.5. The third-order valence-electron chi connectivity index (χ3n) is 13.7. The number of carboxylic acid groups (broad SMARTS) is 1. The number of aliphatic hydroxyl groups excluding tert-OH is 1. The SMILES string of the molecule is CC(F)(F)C(=O)O.CC(F)(F)C(=O)OC1C2CC3C1OS(=O)(=O)C3C2.O=S1(=O)OC2C(O)C3CC2C1C3.c1ccc([S+](c2ccccc2)c2ccccc2)cc1.c1ccc([S+](c2ccccc2)c2ccccc2)cc1. The third kappa shape index (κ3) is 13.0. The third-order valence-corrected chi connectivity index (χ3v) is 21.7. The lowest BCUT2D eigenvalue weighted by atomic mass is 9.94. The van der Waals surface area contributed by atoms with Crippen LogP contribution in [0.1, 0.15) is 39.5 Å². The minimum Gasteiger partial charge on any atom is -0.477 e. The predicted molar refractivity (Wildman–Crippen MR) is 275 cm³/mol. The Morgan fingerprint density at radius 3 is 1.05 bits per heavy atom. The number of alkyl halides is 4. The summed E-state index contributed by atoms with van der Waals surface area (Å²) in [6.45, 7) is 0.785. The summed E-state index contributed by atoms with van der Waals surface area (Å²) in [5.41, 5.74) is 0. The fourth-order valence-electron chi connectivity index (χ4n) is 10.3. The lowest BCUT2D eigenvalue weighted by Gasteiger charge is -2.25. The van der Waals surface area contributed by atoms with Crippen molar-refractivity contribution >= 4 is 54.0 Å². The molecule has 2 heterocycles. The Labute approximate surface area is 440 Å². The quantitative estimate of drug-likeness (QED) is 0.0611. The van der Waals surface area contributed by atoms with Crippen molar-refractivity contribution in [2.24, 2.45) is 23.7 Å². The molecule has 6 aromatic carbocycles. The van der Waals surface area contributed by atoms with E-state index in [0.29, 0.717) is 33.1 Å². The Kier molecular flexibility index (Phi) is 17.4. The molecule has 4 aliphatic carbocycles. The number of rotatable bonds is 9. The van der Waals surface area contributed by atoms with Crippen LogP contribution in [0.25, 0.3) is 0 Å². The van der Waals surface area contributed by atoms with E-state index < -0.39 is 73.7 Å². The Hall–Kier alpha value is -5.54. The van der Waals surface area contributed by atoms with Gasteiger partial charge >= 0.3 is 23.8 Å². The van der Waals surface area contributed by atoms with Crippen LogP contribution in [0.2, 0.25) is 0 Å². The lowest BCUT2D eigenvalue weighted by molar-refractivity contribution is -0.181. The highest BCUT2D eigenvalue weighted by atomic mass is 32.2. The number of hydrogen-bond acceptors (Lipinski definition) is 10. The fraction of sp³-hybridized carbons (Fsp3) is 0.321. The summed E-state index contributed by atoms with van der Waals surface area (Å²) in [6.07, 6.45) is -0.270. The van der Waals surface area contributed by atoms with Crippen LogP contribution >= 0.6 is 0 Å². The van der Waals surface area contributed by atoms with Gasteiger partial charge in [-0.05, 0) is 104 Å². The number of carbonyl (C=O) groups is 2. The van der Waals surface area contributed by atoms with Gasteiger partial charge in [-0.15, -0.1) is 0 Å². The first-order valence-electron chi connectivity index (χ1n) is 24.2. The Balaban J connectivity index is 0.000000129. The number of halogens is 4. The summed E-state index contributed by atoms with van der Waals surface area (Å²) in [6, 6.07) is 64.3. The van der Waals surface area contributed by atoms with Crippen LogP contribution in [0.15, 0.2) is 211 Å². The minimum absolute atomic E-state index is 0.0146. The maximum Gasteiger partial charge on any atom is 0.377 e. The number of ether oxygens (including phenoxy) is 1. The molecule has 6 fully saturated rings. The van der Waals surface area contributed by atoms with Gasteiger partial charge in [-0.25, -0.2) is 9.59 Å². The van der Waals surface area contributed by atoms with Crippen molar-refractivity contribution in [3.63, 3.8) is 0 Å². The summed E-state index contributed by atoms with van der Waals surface area (Å²) >= 11 is 0. The number of esters is 1. The van der Waals surface area contributed by atoms with Crippen LogP contribution < -0.4 is 0 Å². The second kappa shape index (κ2) is 23.4. The van der Waals surface area contributed by atoms with Gasteiger partial charge in [-0.2, -0.15) is 34.4 Å². The van der Waals surface area contributed by atoms with Gasteiger partial charge in [0, 0.05) is 31.6 Å². The van der Waals surface area contributed by atoms with Gasteiger partial charge in [0.25, 0.3) is 20.2 Å². The molecule has 396 valence electrons. The average Bonchev–Trinajstić information content (AvgIpc) is 4.23. The molecule has 19 heteroatoms. The predicted octanol–water partition coefficient (Wildman–Crippen LogP) is 10.5. The maximum atomic E-state index is 12.8. The molecular weight excluding hydrogens is 1050 g/mol. The number of aliphatic hydroxyl groups is 1. The zero-order valence-corrected chi connectivity index (χ0v) is 43.9. The van der Waals surface area contributed by atoms with E-state index in [1.807, 2.05) is 0 Å². The van der Waals surface area contributed by atoms with E-state index in [4.69, 9.17) is 18.2 Å². The van der Waals surface area contributed by atoms with Crippen LogP contribution in [0.3, 0.4) is 0 Å². The summed E-state index contributed by atoms with van der Waals surface area (Å²) < 4.78 is 108. The van der Waals surface area contributed by atoms with Crippen molar-refractivity contribution in [3.8, 4) is 0 Å². The Morgan fingerprint density at radius 1 is 0.493 bits per heavy atom. The van der Waals surface area contributed by atoms with Crippen LogP contribution in [0.5, 0.6) is 0 Å². The number of fused-ring (bicyclic) bond motifs is 2. The zero-order valence-electron chi connectivity index (χ0n) is 40.6. The van der Waals surface area contributed by atoms with Crippen LogP contribution in [-0.2, 0) is 64.7 Å². The molecule has 10 unspecified atom stereocenters. The molecule has 12 rings (SSSR count). The van der Waals surface area contributed by atoms with Gasteiger partial charge < -0.3 is 14.9 Å². The highest BCUT2D eigenvalue weighted by Crippen LogP contribution is 2.56. The van der Waals surface area contributed by atoms with Gasteiger partial charge in [0.2, 0.25) is 0 Å². The minimum atomic E-state index is -3.61. The largest absolute Gasteiger partial charge is 0.477 e. The van der Waals surface area contributed by atoms with Gasteiger partial charge in [0.05, 0.1) is 38.4 Å². The van der Waals surface area contributed by atoms with E-state index >= 15 is 0 Å². The van der Waals surface area contributed by atoms with Crippen molar-refractivity contribution < 1.29 is 67.3 Å². The molecular formula is C56H56F4O11S4+2. The summed E-state index contributed by atoms with van der Waals surface area (Å²) in [5.74, 6) is -11.0.